The molecule has 0 nitrogen and oxygen atoms in total. The van der Waals surface area contributed by atoms with E-state index in [1.165, 1.54) is 31.0 Å². The van der Waals surface area contributed by atoms with Crippen molar-refractivity contribution in [1.29, 1.82) is 0 Å². The summed E-state index contributed by atoms with van der Waals surface area (Å²) in [7, 11) is 0.348. The molecule has 1 aromatic rings. The summed E-state index contributed by atoms with van der Waals surface area (Å²) >= 11 is 0. The first-order valence-corrected chi connectivity index (χ1v) is 7.15. The maximum Gasteiger partial charge on any atom is -0.0171 e. The minimum atomic E-state index is 0.348. The van der Waals surface area contributed by atoms with Crippen molar-refractivity contribution in [1.82, 2.24) is 0 Å². The van der Waals surface area contributed by atoms with Gasteiger partial charge in [-0.3, -0.25) is 0 Å². The number of hydrogen-bond acceptors (Lipinski definition) is 0. The van der Waals surface area contributed by atoms with Crippen LogP contribution in [0.4, 0.5) is 0 Å². The summed E-state index contributed by atoms with van der Waals surface area (Å²) in [6.07, 6.45) is 5.77. The zero-order valence-corrected chi connectivity index (χ0v) is 9.13. The average Bonchev–Trinajstić information content (AvgIpc) is 2.54. The quantitative estimate of drug-likeness (QED) is 0.629. The summed E-state index contributed by atoms with van der Waals surface area (Å²) in [5.74, 6) is 0. The van der Waals surface area contributed by atoms with E-state index in [2.05, 4.69) is 37.0 Å². The van der Waals surface area contributed by atoms with Gasteiger partial charge in [-0.1, -0.05) is 30.3 Å². The lowest BCUT2D eigenvalue weighted by Crippen LogP contribution is -2.03. The fourth-order valence-electron chi connectivity index (χ4n) is 2.12. The van der Waals surface area contributed by atoms with Crippen LogP contribution in [0, 0.1) is 0 Å². The highest BCUT2D eigenvalue weighted by Gasteiger charge is 2.22. The molecule has 0 N–H and O–H groups in total. The third kappa shape index (κ3) is 2.31. The maximum absolute atomic E-state index is 2.47. The summed E-state index contributed by atoms with van der Waals surface area (Å²) < 4.78 is 0. The topological polar surface area (TPSA) is 0 Å². The van der Waals surface area contributed by atoms with Gasteiger partial charge in [0.25, 0.3) is 0 Å². The van der Waals surface area contributed by atoms with Crippen LogP contribution < -0.4 is 0 Å². The molecular formula is C12H17P. The molecule has 0 amide bonds. The van der Waals surface area contributed by atoms with E-state index < -0.39 is 0 Å². The van der Waals surface area contributed by atoms with Crippen molar-refractivity contribution in [3.8, 4) is 0 Å². The second kappa shape index (κ2) is 4.24. The van der Waals surface area contributed by atoms with Gasteiger partial charge in [0.1, 0.15) is 0 Å². The molecule has 0 saturated carbocycles. The van der Waals surface area contributed by atoms with Crippen molar-refractivity contribution in [3.63, 3.8) is 0 Å². The van der Waals surface area contributed by atoms with Crippen molar-refractivity contribution >= 4 is 7.92 Å². The number of benzene rings is 1. The van der Waals surface area contributed by atoms with E-state index in [-0.39, 0.29) is 0 Å². The Morgan fingerprint density at radius 2 is 2.08 bits per heavy atom. The Labute approximate surface area is 82.1 Å². The van der Waals surface area contributed by atoms with Crippen LogP contribution >= 0.6 is 7.92 Å². The minimum absolute atomic E-state index is 0.348. The van der Waals surface area contributed by atoms with E-state index in [9.17, 15) is 0 Å². The van der Waals surface area contributed by atoms with Gasteiger partial charge in [0.2, 0.25) is 0 Å². The highest BCUT2D eigenvalue weighted by Crippen LogP contribution is 2.47. The average molecular weight is 192 g/mol. The summed E-state index contributed by atoms with van der Waals surface area (Å²) in [6, 6.07) is 10.9. The van der Waals surface area contributed by atoms with Crippen LogP contribution in [0.2, 0.25) is 0 Å². The Hall–Kier alpha value is -0.350. The van der Waals surface area contributed by atoms with Gasteiger partial charge in [-0.25, -0.2) is 0 Å². The van der Waals surface area contributed by atoms with Gasteiger partial charge < -0.3 is 0 Å². The smallest absolute Gasteiger partial charge is 0.0171 e. The van der Waals surface area contributed by atoms with Crippen LogP contribution in [-0.4, -0.2) is 18.5 Å². The Morgan fingerprint density at radius 3 is 2.69 bits per heavy atom. The zero-order valence-electron chi connectivity index (χ0n) is 8.24. The summed E-state index contributed by atoms with van der Waals surface area (Å²) in [6.45, 7) is 2.47. The Morgan fingerprint density at radius 1 is 1.31 bits per heavy atom. The third-order valence-electron chi connectivity index (χ3n) is 2.99. The van der Waals surface area contributed by atoms with E-state index in [1.54, 1.807) is 0 Å². The van der Waals surface area contributed by atoms with Gasteiger partial charge in [0.05, 0.1) is 0 Å². The SMILES string of the molecule is C[P@@]1CCC[C@H]1Cc1ccccc1. The van der Waals surface area contributed by atoms with Crippen molar-refractivity contribution in [3.05, 3.63) is 35.9 Å². The Bertz CT molecular complexity index is 255. The van der Waals surface area contributed by atoms with Crippen LogP contribution in [0.15, 0.2) is 30.3 Å². The summed E-state index contributed by atoms with van der Waals surface area (Å²) in [5, 5.41) is 0. The van der Waals surface area contributed by atoms with Gasteiger partial charge in [0, 0.05) is 0 Å². The standard InChI is InChI=1S/C12H17P/c1-13-9-5-8-12(13)10-11-6-3-2-4-7-11/h2-4,6-7,12H,5,8-10H2,1H3/t12-,13-/m0/s1. The fourth-order valence-corrected chi connectivity index (χ4v) is 4.32. The van der Waals surface area contributed by atoms with Gasteiger partial charge >= 0.3 is 0 Å². The lowest BCUT2D eigenvalue weighted by atomic mass is 10.1. The van der Waals surface area contributed by atoms with Gasteiger partial charge in [-0.2, -0.15) is 0 Å². The molecule has 1 saturated heterocycles. The molecule has 0 bridgehead atoms. The largest absolute Gasteiger partial charge is 0.106 e. The maximum atomic E-state index is 2.47. The molecule has 1 aromatic carbocycles. The van der Waals surface area contributed by atoms with Gasteiger partial charge in [-0.05, 0) is 43.3 Å². The molecular weight excluding hydrogens is 175 g/mol. The zero-order chi connectivity index (χ0) is 9.10. The molecule has 0 aromatic heterocycles. The minimum Gasteiger partial charge on any atom is -0.106 e. The van der Waals surface area contributed by atoms with Crippen molar-refractivity contribution in [2.24, 2.45) is 0 Å². The molecule has 2 rings (SSSR count). The fraction of sp³-hybridized carbons (Fsp3) is 0.500. The molecule has 1 fully saturated rings. The van der Waals surface area contributed by atoms with Crippen LogP contribution in [0.3, 0.4) is 0 Å². The first kappa shape index (κ1) is 9.21. The highest BCUT2D eigenvalue weighted by atomic mass is 31.1. The molecule has 0 unspecified atom stereocenters. The first-order valence-electron chi connectivity index (χ1n) is 5.10. The Balaban J connectivity index is 1.98. The molecule has 13 heavy (non-hydrogen) atoms. The van der Waals surface area contributed by atoms with Crippen molar-refractivity contribution < 1.29 is 0 Å². The summed E-state index contributed by atoms with van der Waals surface area (Å²) in [5.41, 5.74) is 2.54. The lowest BCUT2D eigenvalue weighted by Gasteiger charge is -2.15. The molecule has 1 aliphatic rings. The van der Waals surface area contributed by atoms with Gasteiger partial charge in [-0.15, -0.1) is 7.92 Å². The number of rotatable bonds is 2. The van der Waals surface area contributed by atoms with Crippen LogP contribution in [0.5, 0.6) is 0 Å². The molecule has 2 atom stereocenters. The van der Waals surface area contributed by atoms with E-state index in [0.29, 0.717) is 7.92 Å². The molecule has 0 spiro atoms. The molecule has 1 heterocycles. The second-order valence-corrected chi connectivity index (χ2v) is 6.66. The van der Waals surface area contributed by atoms with Crippen molar-refractivity contribution in [2.75, 3.05) is 12.8 Å². The molecule has 70 valence electrons. The third-order valence-corrected chi connectivity index (χ3v) is 5.69. The molecule has 0 radical (unpaired) electrons. The number of hydrogen-bond donors (Lipinski definition) is 0. The molecule has 1 aliphatic heterocycles. The van der Waals surface area contributed by atoms with Crippen molar-refractivity contribution in [2.45, 2.75) is 24.9 Å². The molecule has 1 heteroatoms. The predicted octanol–water partition coefficient (Wildman–Crippen LogP) is 3.50. The highest BCUT2D eigenvalue weighted by molar-refractivity contribution is 7.57. The lowest BCUT2D eigenvalue weighted by molar-refractivity contribution is 0.774. The van der Waals surface area contributed by atoms with E-state index >= 15 is 0 Å². The second-order valence-electron chi connectivity index (χ2n) is 3.97. The normalized spacial score (nSPS) is 27.8. The van der Waals surface area contributed by atoms with Crippen LogP contribution in [0.1, 0.15) is 18.4 Å². The van der Waals surface area contributed by atoms with E-state index in [0.717, 1.165) is 5.66 Å². The van der Waals surface area contributed by atoms with Crippen LogP contribution in [0.25, 0.3) is 0 Å². The predicted molar refractivity (Wildman–Crippen MR) is 60.9 cm³/mol. The van der Waals surface area contributed by atoms with E-state index in [1.807, 2.05) is 0 Å². The van der Waals surface area contributed by atoms with Gasteiger partial charge in [0.15, 0.2) is 0 Å². The Kier molecular flexibility index (Phi) is 3.01. The summed E-state index contributed by atoms with van der Waals surface area (Å²) in [4.78, 5) is 0. The molecule has 0 aliphatic carbocycles. The first-order chi connectivity index (χ1) is 6.36. The van der Waals surface area contributed by atoms with Crippen LogP contribution in [-0.2, 0) is 6.42 Å². The van der Waals surface area contributed by atoms with E-state index in [4.69, 9.17) is 0 Å². The monoisotopic (exact) mass is 192 g/mol.